The number of hydrogen-bond acceptors (Lipinski definition) is 7. The molecule has 0 aromatic rings. The number of primary amides is 1. The second-order valence-electron chi connectivity index (χ2n) is 8.20. The summed E-state index contributed by atoms with van der Waals surface area (Å²) in [5.74, 6) is -1.40. The van der Waals surface area contributed by atoms with Crippen LogP contribution < -0.4 is 16.4 Å². The topological polar surface area (TPSA) is 137 Å². The van der Waals surface area contributed by atoms with Crippen LogP contribution in [-0.4, -0.2) is 55.6 Å². The minimum atomic E-state index is -0.769. The molecule has 0 bridgehead atoms. The molecule has 9 nitrogen and oxygen atoms in total. The minimum Gasteiger partial charge on any atom is -0.465 e. The van der Waals surface area contributed by atoms with Gasteiger partial charge in [0.1, 0.15) is 12.2 Å². The number of carbonyl (C=O) groups is 4. The van der Waals surface area contributed by atoms with Crippen LogP contribution in [0.3, 0.4) is 0 Å². The molecule has 0 atom stereocenters. The number of rotatable bonds is 13. The molecule has 0 aliphatic heterocycles. The minimum absolute atomic E-state index is 0.00475. The van der Waals surface area contributed by atoms with E-state index in [9.17, 15) is 19.2 Å². The molecule has 28 heavy (non-hydrogen) atoms. The third-order valence-electron chi connectivity index (χ3n) is 3.53. The highest BCUT2D eigenvalue weighted by Gasteiger charge is 2.28. The smallest absolute Gasteiger partial charge is 0.312 e. The van der Waals surface area contributed by atoms with Crippen LogP contribution in [-0.2, 0) is 28.7 Å². The largest absolute Gasteiger partial charge is 0.465 e. The summed E-state index contributed by atoms with van der Waals surface area (Å²) < 4.78 is 10.2. The number of nitrogens with two attached hydrogens (primary N) is 1. The normalized spacial score (nSPS) is 11.6. The van der Waals surface area contributed by atoms with Crippen LogP contribution in [0.25, 0.3) is 0 Å². The summed E-state index contributed by atoms with van der Waals surface area (Å²) in [6, 6.07) is 0. The fraction of sp³-hybridized carbons (Fsp3) is 0.789. The lowest BCUT2D eigenvalue weighted by Crippen LogP contribution is -2.40. The molecule has 0 aliphatic carbocycles. The molecule has 0 spiro atoms. The first-order valence-electron chi connectivity index (χ1n) is 9.48. The Labute approximate surface area is 167 Å². The van der Waals surface area contributed by atoms with Crippen molar-refractivity contribution in [3.05, 3.63) is 0 Å². The van der Waals surface area contributed by atoms with Gasteiger partial charge in [-0.05, 0) is 41.0 Å². The standard InChI is InChI=1S/C19H35N3O6/c1-18(2,3)28-16(25)8-6-7-15(24)22-11-10-21-13-19(4,5)17(26)27-12-9-14(20)23/h21H,6-13H2,1-5H3,(H2,20,23)(H,22,24). The highest BCUT2D eigenvalue weighted by atomic mass is 16.6. The van der Waals surface area contributed by atoms with Gasteiger partial charge < -0.3 is 25.8 Å². The van der Waals surface area contributed by atoms with Gasteiger partial charge in [0.2, 0.25) is 11.8 Å². The summed E-state index contributed by atoms with van der Waals surface area (Å²) in [6.07, 6.45) is 0.874. The van der Waals surface area contributed by atoms with Gasteiger partial charge >= 0.3 is 11.9 Å². The highest BCUT2D eigenvalue weighted by molar-refractivity contribution is 5.78. The molecular formula is C19H35N3O6. The predicted molar refractivity (Wildman–Crippen MR) is 104 cm³/mol. The molecule has 162 valence electrons. The first-order valence-corrected chi connectivity index (χ1v) is 9.48. The van der Waals surface area contributed by atoms with E-state index in [-0.39, 0.29) is 37.7 Å². The zero-order chi connectivity index (χ0) is 21.8. The summed E-state index contributed by atoms with van der Waals surface area (Å²) in [5, 5.41) is 5.83. The molecule has 0 rings (SSSR count). The zero-order valence-electron chi connectivity index (χ0n) is 17.7. The van der Waals surface area contributed by atoms with E-state index in [2.05, 4.69) is 10.6 Å². The van der Waals surface area contributed by atoms with Crippen LogP contribution in [0.5, 0.6) is 0 Å². The lowest BCUT2D eigenvalue weighted by atomic mass is 9.94. The van der Waals surface area contributed by atoms with Gasteiger partial charge in [0.15, 0.2) is 0 Å². The van der Waals surface area contributed by atoms with Crippen LogP contribution in [0.2, 0.25) is 0 Å². The molecule has 0 aromatic carbocycles. The maximum absolute atomic E-state index is 12.0. The van der Waals surface area contributed by atoms with Crippen LogP contribution >= 0.6 is 0 Å². The number of nitrogens with one attached hydrogen (secondary N) is 2. The summed E-state index contributed by atoms with van der Waals surface area (Å²) in [7, 11) is 0. The van der Waals surface area contributed by atoms with Crippen molar-refractivity contribution < 1.29 is 28.7 Å². The van der Waals surface area contributed by atoms with Gasteiger partial charge in [-0.25, -0.2) is 0 Å². The number of hydrogen-bond donors (Lipinski definition) is 3. The van der Waals surface area contributed by atoms with E-state index in [1.165, 1.54) is 0 Å². The fourth-order valence-corrected chi connectivity index (χ4v) is 2.08. The molecule has 0 aliphatic rings. The number of esters is 2. The Bertz CT molecular complexity index is 540. The van der Waals surface area contributed by atoms with Gasteiger partial charge in [-0.3, -0.25) is 19.2 Å². The third kappa shape index (κ3) is 14.0. The molecule has 0 aromatic heterocycles. The van der Waals surface area contributed by atoms with Gasteiger partial charge in [0.05, 0.1) is 11.8 Å². The molecule has 0 heterocycles. The Kier molecular flexibility index (Phi) is 11.4. The molecule has 4 N–H and O–H groups in total. The predicted octanol–water partition coefficient (Wildman–Crippen LogP) is 0.649. The molecule has 0 unspecified atom stereocenters. The summed E-state index contributed by atoms with van der Waals surface area (Å²) in [6.45, 7) is 10.1. The molecular weight excluding hydrogens is 366 g/mol. The Hall–Kier alpha value is -2.16. The van der Waals surface area contributed by atoms with Crippen molar-refractivity contribution in [3.63, 3.8) is 0 Å². The first-order chi connectivity index (χ1) is 12.8. The van der Waals surface area contributed by atoms with E-state index in [0.717, 1.165) is 0 Å². The molecule has 0 fully saturated rings. The number of ether oxygens (including phenoxy) is 2. The van der Waals surface area contributed by atoms with Crippen LogP contribution in [0.1, 0.15) is 60.3 Å². The zero-order valence-corrected chi connectivity index (χ0v) is 17.7. The van der Waals surface area contributed by atoms with Crippen molar-refractivity contribution in [1.29, 1.82) is 0 Å². The number of amides is 2. The average molecular weight is 402 g/mol. The van der Waals surface area contributed by atoms with E-state index in [1.54, 1.807) is 34.6 Å². The van der Waals surface area contributed by atoms with E-state index in [1.807, 2.05) is 0 Å². The van der Waals surface area contributed by atoms with Crippen molar-refractivity contribution in [2.45, 2.75) is 65.9 Å². The van der Waals surface area contributed by atoms with Gasteiger partial charge in [-0.1, -0.05) is 0 Å². The van der Waals surface area contributed by atoms with Gasteiger partial charge in [0.25, 0.3) is 0 Å². The first kappa shape index (κ1) is 25.8. The van der Waals surface area contributed by atoms with E-state index >= 15 is 0 Å². The van der Waals surface area contributed by atoms with Crippen molar-refractivity contribution in [3.8, 4) is 0 Å². The molecule has 0 saturated heterocycles. The van der Waals surface area contributed by atoms with E-state index in [4.69, 9.17) is 15.2 Å². The Morgan fingerprint density at radius 1 is 0.929 bits per heavy atom. The second kappa shape index (κ2) is 12.3. The Morgan fingerprint density at radius 2 is 1.57 bits per heavy atom. The second-order valence-corrected chi connectivity index (χ2v) is 8.20. The quantitative estimate of drug-likeness (QED) is 0.304. The molecule has 0 radical (unpaired) electrons. The SMILES string of the molecule is CC(C)(C)OC(=O)CCCC(=O)NCCNCC(C)(C)C(=O)OCCC(N)=O. The summed E-state index contributed by atoms with van der Waals surface area (Å²) in [5.41, 5.74) is 3.71. The molecule has 2 amide bonds. The van der Waals surface area contributed by atoms with Crippen LogP contribution in [0.15, 0.2) is 0 Å². The third-order valence-corrected chi connectivity index (χ3v) is 3.53. The fourth-order valence-electron chi connectivity index (χ4n) is 2.08. The van der Waals surface area contributed by atoms with Crippen LogP contribution in [0.4, 0.5) is 0 Å². The Morgan fingerprint density at radius 3 is 2.14 bits per heavy atom. The van der Waals surface area contributed by atoms with Crippen molar-refractivity contribution in [1.82, 2.24) is 10.6 Å². The van der Waals surface area contributed by atoms with Gasteiger partial charge in [0, 0.05) is 32.5 Å². The maximum Gasteiger partial charge on any atom is 0.312 e. The van der Waals surface area contributed by atoms with Gasteiger partial charge in [-0.2, -0.15) is 0 Å². The number of carbonyl (C=O) groups excluding carboxylic acids is 4. The van der Waals surface area contributed by atoms with Crippen molar-refractivity contribution in [2.75, 3.05) is 26.2 Å². The Balaban J connectivity index is 3.85. The van der Waals surface area contributed by atoms with Crippen molar-refractivity contribution >= 4 is 23.8 Å². The van der Waals surface area contributed by atoms with Gasteiger partial charge in [-0.15, -0.1) is 0 Å². The van der Waals surface area contributed by atoms with E-state index in [0.29, 0.717) is 26.1 Å². The molecule has 9 heteroatoms. The summed E-state index contributed by atoms with van der Waals surface area (Å²) in [4.78, 5) is 45.9. The molecule has 0 saturated carbocycles. The maximum atomic E-state index is 12.0. The average Bonchev–Trinajstić information content (AvgIpc) is 2.52. The summed E-state index contributed by atoms with van der Waals surface area (Å²) >= 11 is 0. The monoisotopic (exact) mass is 401 g/mol. The van der Waals surface area contributed by atoms with Crippen LogP contribution in [0, 0.1) is 5.41 Å². The lowest BCUT2D eigenvalue weighted by molar-refractivity contribution is -0.155. The highest BCUT2D eigenvalue weighted by Crippen LogP contribution is 2.16. The lowest BCUT2D eigenvalue weighted by Gasteiger charge is -2.23. The van der Waals surface area contributed by atoms with Crippen molar-refractivity contribution in [2.24, 2.45) is 11.1 Å². The van der Waals surface area contributed by atoms with E-state index < -0.39 is 22.9 Å².